The highest BCUT2D eigenvalue weighted by molar-refractivity contribution is 5.75. The van der Waals surface area contributed by atoms with E-state index >= 15 is 0 Å². The van der Waals surface area contributed by atoms with Crippen molar-refractivity contribution in [2.75, 3.05) is 18.8 Å². The van der Waals surface area contributed by atoms with Gasteiger partial charge >= 0.3 is 0 Å². The maximum atomic E-state index is 12.0. The minimum Gasteiger partial charge on any atom is -0.367 e. The van der Waals surface area contributed by atoms with Crippen LogP contribution in [0.4, 0.5) is 5.95 Å². The normalized spacial score (nSPS) is 12.4. The van der Waals surface area contributed by atoms with Gasteiger partial charge in [-0.05, 0) is 12.8 Å². The van der Waals surface area contributed by atoms with Gasteiger partial charge in [0.05, 0.1) is 0 Å². The quantitative estimate of drug-likeness (QED) is 0.795. The molecule has 1 rings (SSSR count). The van der Waals surface area contributed by atoms with E-state index < -0.39 is 0 Å². The monoisotopic (exact) mass is 239 g/mol. The molecule has 96 valence electrons. The van der Waals surface area contributed by atoms with Crippen LogP contribution in [0.3, 0.4) is 0 Å². The fourth-order valence-electron chi connectivity index (χ4n) is 1.54. The Hall–Kier alpha value is -1.59. The van der Waals surface area contributed by atoms with Crippen molar-refractivity contribution in [3.05, 3.63) is 6.33 Å². The molecule has 1 atom stereocenters. The van der Waals surface area contributed by atoms with Crippen molar-refractivity contribution in [2.45, 2.75) is 33.7 Å². The fraction of sp³-hybridized carbons (Fsp3) is 0.727. The maximum Gasteiger partial charge on any atom is 0.244 e. The summed E-state index contributed by atoms with van der Waals surface area (Å²) in [6, 6.07) is 0. The fourth-order valence-corrected chi connectivity index (χ4v) is 1.54. The molecule has 1 aromatic heterocycles. The molecule has 0 spiro atoms. The lowest BCUT2D eigenvalue weighted by Crippen LogP contribution is -2.36. The molecular formula is C11H21N5O. The number of rotatable bonds is 6. The second-order valence-corrected chi connectivity index (χ2v) is 4.25. The van der Waals surface area contributed by atoms with Crippen LogP contribution in [0, 0.1) is 5.92 Å². The lowest BCUT2D eigenvalue weighted by atomic mass is 10.1. The number of likely N-dealkylation sites (N-methyl/N-ethyl adjacent to an activating group) is 1. The van der Waals surface area contributed by atoms with E-state index in [1.807, 2.05) is 11.8 Å². The summed E-state index contributed by atoms with van der Waals surface area (Å²) in [5.74, 6) is 0.764. The third-order valence-electron chi connectivity index (χ3n) is 2.81. The van der Waals surface area contributed by atoms with Gasteiger partial charge in [0.25, 0.3) is 0 Å². The summed E-state index contributed by atoms with van der Waals surface area (Å²) < 4.78 is 1.47. The number of amides is 1. The van der Waals surface area contributed by atoms with E-state index in [2.05, 4.69) is 23.9 Å². The molecule has 1 aromatic rings. The zero-order valence-corrected chi connectivity index (χ0v) is 10.8. The van der Waals surface area contributed by atoms with Crippen LogP contribution < -0.4 is 5.73 Å². The summed E-state index contributed by atoms with van der Waals surface area (Å²) in [6.07, 6.45) is 2.55. The summed E-state index contributed by atoms with van der Waals surface area (Å²) in [4.78, 5) is 17.6. The summed E-state index contributed by atoms with van der Waals surface area (Å²) in [5.41, 5.74) is 5.40. The van der Waals surface area contributed by atoms with Crippen LogP contribution in [0.5, 0.6) is 0 Å². The van der Waals surface area contributed by atoms with Crippen LogP contribution in [-0.4, -0.2) is 38.7 Å². The first kappa shape index (κ1) is 13.5. The number of hydrogen-bond acceptors (Lipinski definition) is 4. The first-order valence-electron chi connectivity index (χ1n) is 5.99. The predicted molar refractivity (Wildman–Crippen MR) is 66.1 cm³/mol. The van der Waals surface area contributed by atoms with Gasteiger partial charge in [-0.3, -0.25) is 4.79 Å². The highest BCUT2D eigenvalue weighted by Gasteiger charge is 2.15. The molecule has 0 radical (unpaired) electrons. The van der Waals surface area contributed by atoms with E-state index in [0.717, 1.165) is 13.0 Å². The summed E-state index contributed by atoms with van der Waals surface area (Å²) in [6.45, 7) is 7.96. The summed E-state index contributed by atoms with van der Waals surface area (Å²) in [5, 5.41) is 3.90. The Bertz CT molecular complexity index is 362. The number of nitrogens with zero attached hydrogens (tertiary/aromatic N) is 4. The molecule has 0 saturated carbocycles. The number of nitrogens with two attached hydrogens (primary N) is 1. The molecule has 0 fully saturated rings. The molecule has 0 aliphatic rings. The van der Waals surface area contributed by atoms with Gasteiger partial charge in [0.1, 0.15) is 12.9 Å². The van der Waals surface area contributed by atoms with E-state index in [4.69, 9.17) is 5.73 Å². The van der Waals surface area contributed by atoms with Crippen LogP contribution in [0.25, 0.3) is 0 Å². The molecule has 0 aromatic carbocycles. The Kier molecular flexibility index (Phi) is 4.93. The molecule has 6 nitrogen and oxygen atoms in total. The molecule has 2 N–H and O–H groups in total. The van der Waals surface area contributed by atoms with Gasteiger partial charge in [-0.15, -0.1) is 5.10 Å². The number of aromatic nitrogens is 3. The van der Waals surface area contributed by atoms with Crippen LogP contribution in [-0.2, 0) is 11.3 Å². The zero-order chi connectivity index (χ0) is 12.8. The van der Waals surface area contributed by atoms with Crippen LogP contribution in [0.2, 0.25) is 0 Å². The van der Waals surface area contributed by atoms with Crippen molar-refractivity contribution in [3.8, 4) is 0 Å². The first-order chi connectivity index (χ1) is 8.06. The molecule has 17 heavy (non-hydrogen) atoms. The van der Waals surface area contributed by atoms with Crippen molar-refractivity contribution in [1.29, 1.82) is 0 Å². The lowest BCUT2D eigenvalue weighted by molar-refractivity contribution is -0.132. The van der Waals surface area contributed by atoms with E-state index in [1.165, 1.54) is 11.0 Å². The molecular weight excluding hydrogens is 218 g/mol. The first-order valence-corrected chi connectivity index (χ1v) is 5.99. The summed E-state index contributed by atoms with van der Waals surface area (Å²) in [7, 11) is 0. The number of carbonyl (C=O) groups is 1. The van der Waals surface area contributed by atoms with Gasteiger partial charge in [-0.2, -0.15) is 0 Å². The van der Waals surface area contributed by atoms with Gasteiger partial charge < -0.3 is 10.6 Å². The molecule has 1 heterocycles. The van der Waals surface area contributed by atoms with E-state index in [1.54, 1.807) is 0 Å². The Labute approximate surface area is 102 Å². The Balaban J connectivity index is 2.54. The highest BCUT2D eigenvalue weighted by atomic mass is 16.2. The minimum atomic E-state index is 0.0534. The Morgan fingerprint density at radius 3 is 2.76 bits per heavy atom. The van der Waals surface area contributed by atoms with E-state index in [-0.39, 0.29) is 18.4 Å². The van der Waals surface area contributed by atoms with Gasteiger partial charge in [-0.25, -0.2) is 9.67 Å². The molecule has 1 amide bonds. The van der Waals surface area contributed by atoms with Crippen LogP contribution >= 0.6 is 0 Å². The van der Waals surface area contributed by atoms with Crippen molar-refractivity contribution in [3.63, 3.8) is 0 Å². The van der Waals surface area contributed by atoms with Gasteiger partial charge in [0, 0.05) is 13.1 Å². The SMILES string of the molecule is CCC(C)CN(CC)C(=O)Cn1cnc(N)n1. The third-order valence-corrected chi connectivity index (χ3v) is 2.81. The predicted octanol–water partition coefficient (Wildman–Crippen LogP) is 0.755. The largest absolute Gasteiger partial charge is 0.367 e. The minimum absolute atomic E-state index is 0.0534. The molecule has 0 aliphatic heterocycles. The Morgan fingerprint density at radius 2 is 2.29 bits per heavy atom. The second kappa shape index (κ2) is 6.22. The van der Waals surface area contributed by atoms with Crippen molar-refractivity contribution >= 4 is 11.9 Å². The molecule has 6 heteroatoms. The van der Waals surface area contributed by atoms with Crippen molar-refractivity contribution in [2.24, 2.45) is 5.92 Å². The number of anilines is 1. The van der Waals surface area contributed by atoms with Gasteiger partial charge in [0.2, 0.25) is 11.9 Å². The zero-order valence-electron chi connectivity index (χ0n) is 10.8. The van der Waals surface area contributed by atoms with E-state index in [0.29, 0.717) is 12.5 Å². The third kappa shape index (κ3) is 4.05. The topological polar surface area (TPSA) is 77.0 Å². The average molecular weight is 239 g/mol. The smallest absolute Gasteiger partial charge is 0.244 e. The summed E-state index contributed by atoms with van der Waals surface area (Å²) >= 11 is 0. The van der Waals surface area contributed by atoms with Crippen molar-refractivity contribution in [1.82, 2.24) is 19.7 Å². The maximum absolute atomic E-state index is 12.0. The standard InChI is InChI=1S/C11H21N5O/c1-4-9(3)6-15(5-2)10(17)7-16-8-13-11(12)14-16/h8-9H,4-7H2,1-3H3,(H2,12,14). The van der Waals surface area contributed by atoms with Crippen LogP contribution in [0.15, 0.2) is 6.33 Å². The molecule has 1 unspecified atom stereocenters. The number of hydrogen-bond donors (Lipinski definition) is 1. The lowest BCUT2D eigenvalue weighted by Gasteiger charge is -2.23. The van der Waals surface area contributed by atoms with E-state index in [9.17, 15) is 4.79 Å². The Morgan fingerprint density at radius 1 is 1.59 bits per heavy atom. The van der Waals surface area contributed by atoms with Crippen molar-refractivity contribution < 1.29 is 4.79 Å². The highest BCUT2D eigenvalue weighted by Crippen LogP contribution is 2.05. The number of nitrogen functional groups attached to an aromatic ring is 1. The average Bonchev–Trinajstić information content (AvgIpc) is 2.70. The van der Waals surface area contributed by atoms with Crippen LogP contribution in [0.1, 0.15) is 27.2 Å². The molecule has 0 saturated heterocycles. The van der Waals surface area contributed by atoms with Gasteiger partial charge in [-0.1, -0.05) is 20.3 Å². The molecule has 0 aliphatic carbocycles. The molecule has 0 bridgehead atoms. The van der Waals surface area contributed by atoms with Gasteiger partial charge in [0.15, 0.2) is 0 Å². The second-order valence-electron chi connectivity index (χ2n) is 4.25. The number of carbonyl (C=O) groups excluding carboxylic acids is 1.